The van der Waals surface area contributed by atoms with E-state index >= 15 is 0 Å². The van der Waals surface area contributed by atoms with E-state index in [9.17, 15) is 4.79 Å². The summed E-state index contributed by atoms with van der Waals surface area (Å²) < 4.78 is 0. The molecule has 0 saturated carbocycles. The zero-order chi connectivity index (χ0) is 12.7. The molecule has 0 spiro atoms. The first kappa shape index (κ1) is 13.3. The molecule has 0 aliphatic heterocycles. The molecular formula is C14H20N2O. The minimum atomic E-state index is -0.460. The molecule has 1 aromatic heterocycles. The third-order valence-electron chi connectivity index (χ3n) is 2.28. The van der Waals surface area contributed by atoms with Crippen LogP contribution < -0.4 is 5.73 Å². The van der Waals surface area contributed by atoms with Gasteiger partial charge in [-0.15, -0.1) is 0 Å². The molecule has 0 fully saturated rings. The molecule has 1 atom stereocenters. The Morgan fingerprint density at radius 1 is 1.29 bits per heavy atom. The number of carbonyl (C=O) groups is 1. The standard InChI is InChI=1S/C12H12N2O.C2H6.H2/c13-10(8-15)7-11-6-5-9-3-1-2-4-12(9)14-11;1-2;/h1-6,8,10H,7,13H2;1-2H3;1H/t10-;;/m0../s1. The van der Waals surface area contributed by atoms with Crippen molar-refractivity contribution in [3.63, 3.8) is 0 Å². The minimum absolute atomic E-state index is 0. The molecule has 0 unspecified atom stereocenters. The lowest BCUT2D eigenvalue weighted by Gasteiger charge is -2.04. The Balaban J connectivity index is 0.000000917. The third-order valence-corrected chi connectivity index (χ3v) is 2.28. The van der Waals surface area contributed by atoms with Gasteiger partial charge in [0.1, 0.15) is 6.29 Å². The first-order chi connectivity index (χ1) is 8.29. The highest BCUT2D eigenvalue weighted by atomic mass is 16.1. The number of rotatable bonds is 3. The van der Waals surface area contributed by atoms with Crippen LogP contribution in [0.1, 0.15) is 21.0 Å². The molecular weight excluding hydrogens is 212 g/mol. The summed E-state index contributed by atoms with van der Waals surface area (Å²) in [5.41, 5.74) is 7.33. The van der Waals surface area contributed by atoms with E-state index in [1.807, 2.05) is 50.2 Å². The summed E-state index contributed by atoms with van der Waals surface area (Å²) in [6.07, 6.45) is 1.24. The van der Waals surface area contributed by atoms with Gasteiger partial charge < -0.3 is 10.5 Å². The number of hydrogen-bond donors (Lipinski definition) is 1. The summed E-state index contributed by atoms with van der Waals surface area (Å²) in [6, 6.07) is 11.3. The number of aromatic nitrogens is 1. The molecule has 2 aromatic rings. The van der Waals surface area contributed by atoms with Crippen LogP contribution in [0.3, 0.4) is 0 Å². The largest absolute Gasteiger partial charge is 0.321 e. The average Bonchev–Trinajstić information content (AvgIpc) is 2.41. The van der Waals surface area contributed by atoms with E-state index in [2.05, 4.69) is 4.98 Å². The zero-order valence-corrected chi connectivity index (χ0v) is 10.3. The molecule has 3 heteroatoms. The Labute approximate surface area is 103 Å². The normalized spacial score (nSPS) is 11.5. The van der Waals surface area contributed by atoms with E-state index < -0.39 is 6.04 Å². The fraction of sp³-hybridized carbons (Fsp3) is 0.286. The molecule has 17 heavy (non-hydrogen) atoms. The quantitative estimate of drug-likeness (QED) is 0.827. The van der Waals surface area contributed by atoms with Crippen LogP contribution in [0, 0.1) is 0 Å². The number of nitrogens with two attached hydrogens (primary N) is 1. The van der Waals surface area contributed by atoms with Crippen molar-refractivity contribution >= 4 is 17.2 Å². The topological polar surface area (TPSA) is 56.0 Å². The Kier molecular flexibility index (Phi) is 5.30. The molecule has 1 heterocycles. The van der Waals surface area contributed by atoms with E-state index in [-0.39, 0.29) is 1.43 Å². The lowest BCUT2D eigenvalue weighted by Crippen LogP contribution is -2.24. The molecule has 2 rings (SSSR count). The van der Waals surface area contributed by atoms with Crippen LogP contribution in [0.15, 0.2) is 36.4 Å². The van der Waals surface area contributed by atoms with Gasteiger partial charge in [-0.3, -0.25) is 4.98 Å². The predicted molar refractivity (Wildman–Crippen MR) is 72.9 cm³/mol. The number of fused-ring (bicyclic) bond motifs is 1. The highest BCUT2D eigenvalue weighted by molar-refractivity contribution is 5.78. The van der Waals surface area contributed by atoms with Gasteiger partial charge in [0, 0.05) is 18.9 Å². The fourth-order valence-electron chi connectivity index (χ4n) is 1.51. The summed E-state index contributed by atoms with van der Waals surface area (Å²) in [6.45, 7) is 4.00. The lowest BCUT2D eigenvalue weighted by atomic mass is 10.1. The molecule has 0 aliphatic carbocycles. The average molecular weight is 232 g/mol. The van der Waals surface area contributed by atoms with E-state index in [4.69, 9.17) is 5.73 Å². The van der Waals surface area contributed by atoms with Crippen LogP contribution in [0.5, 0.6) is 0 Å². The summed E-state index contributed by atoms with van der Waals surface area (Å²) in [4.78, 5) is 14.8. The fourth-order valence-corrected chi connectivity index (χ4v) is 1.51. The lowest BCUT2D eigenvalue weighted by molar-refractivity contribution is -0.108. The number of para-hydroxylation sites is 1. The molecule has 0 aliphatic rings. The molecule has 0 saturated heterocycles. The maximum Gasteiger partial charge on any atom is 0.137 e. The van der Waals surface area contributed by atoms with Crippen molar-refractivity contribution in [3.05, 3.63) is 42.1 Å². The highest BCUT2D eigenvalue weighted by Crippen LogP contribution is 2.12. The van der Waals surface area contributed by atoms with Gasteiger partial charge in [0.05, 0.1) is 11.6 Å². The van der Waals surface area contributed by atoms with Crippen LogP contribution >= 0.6 is 0 Å². The smallest absolute Gasteiger partial charge is 0.137 e. The Bertz CT molecular complexity index is 488. The van der Waals surface area contributed by atoms with Crippen molar-refractivity contribution in [2.45, 2.75) is 26.3 Å². The third kappa shape index (κ3) is 3.64. The summed E-state index contributed by atoms with van der Waals surface area (Å²) in [5, 5.41) is 1.10. The van der Waals surface area contributed by atoms with Crippen molar-refractivity contribution in [3.8, 4) is 0 Å². The van der Waals surface area contributed by atoms with Gasteiger partial charge in [-0.05, 0) is 12.1 Å². The molecule has 0 radical (unpaired) electrons. The van der Waals surface area contributed by atoms with Gasteiger partial charge in [0.25, 0.3) is 0 Å². The van der Waals surface area contributed by atoms with E-state index in [1.54, 1.807) is 0 Å². The van der Waals surface area contributed by atoms with E-state index in [0.717, 1.165) is 22.9 Å². The zero-order valence-electron chi connectivity index (χ0n) is 10.3. The van der Waals surface area contributed by atoms with Crippen LogP contribution in [0.4, 0.5) is 0 Å². The summed E-state index contributed by atoms with van der Waals surface area (Å²) in [5.74, 6) is 0. The molecule has 92 valence electrons. The molecule has 0 bridgehead atoms. The van der Waals surface area contributed by atoms with Gasteiger partial charge in [-0.2, -0.15) is 0 Å². The summed E-state index contributed by atoms with van der Waals surface area (Å²) >= 11 is 0. The van der Waals surface area contributed by atoms with Crippen LogP contribution in [0.25, 0.3) is 10.9 Å². The predicted octanol–water partition coefficient (Wildman–Crippen LogP) is 2.58. The number of carbonyl (C=O) groups excluding carboxylic acids is 1. The number of pyridine rings is 1. The van der Waals surface area contributed by atoms with Crippen LogP contribution in [-0.4, -0.2) is 17.3 Å². The van der Waals surface area contributed by atoms with Gasteiger partial charge in [-0.1, -0.05) is 38.1 Å². The van der Waals surface area contributed by atoms with Gasteiger partial charge in [0.15, 0.2) is 0 Å². The maximum atomic E-state index is 10.4. The number of benzene rings is 1. The van der Waals surface area contributed by atoms with E-state index in [1.165, 1.54) is 0 Å². The van der Waals surface area contributed by atoms with E-state index in [0.29, 0.717) is 6.42 Å². The summed E-state index contributed by atoms with van der Waals surface area (Å²) in [7, 11) is 0. The molecule has 1 aromatic carbocycles. The number of aldehydes is 1. The van der Waals surface area contributed by atoms with Crippen molar-refractivity contribution in [2.75, 3.05) is 0 Å². The molecule has 2 N–H and O–H groups in total. The van der Waals surface area contributed by atoms with Crippen molar-refractivity contribution in [2.24, 2.45) is 5.73 Å². The first-order valence-corrected chi connectivity index (χ1v) is 5.85. The highest BCUT2D eigenvalue weighted by Gasteiger charge is 2.03. The second-order valence-corrected chi connectivity index (χ2v) is 3.50. The molecule has 0 amide bonds. The molecule has 3 nitrogen and oxygen atoms in total. The van der Waals surface area contributed by atoms with Crippen molar-refractivity contribution < 1.29 is 6.22 Å². The number of hydrogen-bond acceptors (Lipinski definition) is 3. The Hall–Kier alpha value is -1.74. The van der Waals surface area contributed by atoms with Gasteiger partial charge in [-0.25, -0.2) is 0 Å². The SMILES string of the molecule is CC.N[C@H](C=O)Cc1ccc2ccccc2n1.[HH]. The first-order valence-electron chi connectivity index (χ1n) is 5.85. The second-order valence-electron chi connectivity index (χ2n) is 3.50. The van der Waals surface area contributed by atoms with Crippen molar-refractivity contribution in [1.82, 2.24) is 4.98 Å². The Morgan fingerprint density at radius 2 is 2.00 bits per heavy atom. The maximum absolute atomic E-state index is 10.4. The monoisotopic (exact) mass is 232 g/mol. The second kappa shape index (κ2) is 6.76. The van der Waals surface area contributed by atoms with Gasteiger partial charge >= 0.3 is 0 Å². The van der Waals surface area contributed by atoms with Crippen LogP contribution in [0.2, 0.25) is 0 Å². The minimum Gasteiger partial charge on any atom is -0.321 e. The Morgan fingerprint density at radius 3 is 2.71 bits per heavy atom. The van der Waals surface area contributed by atoms with Crippen molar-refractivity contribution in [1.29, 1.82) is 0 Å². The van der Waals surface area contributed by atoms with Crippen LogP contribution in [-0.2, 0) is 11.2 Å². The number of nitrogens with zero attached hydrogens (tertiary/aromatic N) is 1. The van der Waals surface area contributed by atoms with Gasteiger partial charge in [0.2, 0.25) is 0 Å².